The molecule has 0 unspecified atom stereocenters. The monoisotopic (exact) mass is 444 g/mol. The second-order valence-corrected chi connectivity index (χ2v) is 6.20. The Labute approximate surface area is 148 Å². The molecule has 0 heterocycles. The third-order valence-electron chi connectivity index (χ3n) is 2.66. The average Bonchev–Trinajstić information content (AvgIpc) is 2.50. The number of halogens is 3. The highest BCUT2D eigenvalue weighted by molar-refractivity contribution is 9.10. The maximum absolute atomic E-state index is 13.6. The molecule has 0 atom stereocenters. The van der Waals surface area contributed by atoms with E-state index in [4.69, 9.17) is 4.74 Å². The first-order chi connectivity index (χ1) is 11.0. The van der Waals surface area contributed by atoms with Crippen LogP contribution in [0, 0.1) is 5.82 Å². The fraction of sp³-hybridized carbons (Fsp3) is 0.0667. The van der Waals surface area contributed by atoms with Crippen LogP contribution in [-0.4, -0.2) is 18.4 Å². The van der Waals surface area contributed by atoms with Gasteiger partial charge in [-0.25, -0.2) is 4.39 Å². The number of benzene rings is 2. The molecule has 0 spiro atoms. The second kappa shape index (κ2) is 8.07. The highest BCUT2D eigenvalue weighted by atomic mass is 79.9. The predicted octanol–water partition coefficient (Wildman–Crippen LogP) is 3.19. The predicted molar refractivity (Wildman–Crippen MR) is 89.3 cm³/mol. The molecule has 2 N–H and O–H groups in total. The summed E-state index contributed by atoms with van der Waals surface area (Å²) < 4.78 is 20.2. The lowest BCUT2D eigenvalue weighted by Crippen LogP contribution is -2.44. The molecule has 5 nitrogen and oxygen atoms in total. The molecular weight excluding hydrogens is 435 g/mol. The number of carbonyl (C=O) groups excluding carboxylic acids is 2. The van der Waals surface area contributed by atoms with Gasteiger partial charge in [-0.15, -0.1) is 0 Å². The van der Waals surface area contributed by atoms with Crippen LogP contribution in [0.5, 0.6) is 5.75 Å². The van der Waals surface area contributed by atoms with Crippen molar-refractivity contribution >= 4 is 43.7 Å². The summed E-state index contributed by atoms with van der Waals surface area (Å²) in [7, 11) is 0. The molecule has 0 aliphatic heterocycles. The Bertz CT molecular complexity index is 740. The van der Waals surface area contributed by atoms with Crippen LogP contribution < -0.4 is 15.6 Å². The SMILES string of the molecule is O=C(COc1cccc(Br)c1)NNC(=O)c1ccc(Br)cc1F. The van der Waals surface area contributed by atoms with Gasteiger partial charge in [-0.1, -0.05) is 37.9 Å². The molecule has 0 bridgehead atoms. The van der Waals surface area contributed by atoms with Gasteiger partial charge in [-0.2, -0.15) is 0 Å². The number of nitrogens with one attached hydrogen (secondary N) is 2. The maximum Gasteiger partial charge on any atom is 0.276 e. The molecule has 0 saturated carbocycles. The Kier molecular flexibility index (Phi) is 6.12. The highest BCUT2D eigenvalue weighted by Gasteiger charge is 2.13. The summed E-state index contributed by atoms with van der Waals surface area (Å²) in [6.07, 6.45) is 0. The van der Waals surface area contributed by atoms with Crippen molar-refractivity contribution < 1.29 is 18.7 Å². The van der Waals surface area contributed by atoms with Gasteiger partial charge in [0.05, 0.1) is 5.56 Å². The largest absolute Gasteiger partial charge is 0.484 e. The van der Waals surface area contributed by atoms with Gasteiger partial charge in [0.1, 0.15) is 11.6 Å². The van der Waals surface area contributed by atoms with E-state index in [2.05, 4.69) is 42.7 Å². The van der Waals surface area contributed by atoms with Gasteiger partial charge >= 0.3 is 0 Å². The van der Waals surface area contributed by atoms with Gasteiger partial charge in [0.2, 0.25) is 0 Å². The first kappa shape index (κ1) is 17.4. The average molecular weight is 446 g/mol. The molecule has 0 fully saturated rings. The molecule has 2 rings (SSSR count). The number of hydrogen-bond donors (Lipinski definition) is 2. The standard InChI is InChI=1S/C15H11Br2FN2O3/c16-9-2-1-3-11(6-9)23-8-14(21)19-20-15(22)12-5-4-10(17)7-13(12)18/h1-7H,8H2,(H,19,21)(H,20,22). The van der Waals surface area contributed by atoms with Gasteiger partial charge in [0.25, 0.3) is 11.8 Å². The fourth-order valence-corrected chi connectivity index (χ4v) is 2.32. The topological polar surface area (TPSA) is 67.4 Å². The Hall–Kier alpha value is -1.93. The second-order valence-electron chi connectivity index (χ2n) is 4.37. The van der Waals surface area contributed by atoms with Crippen LogP contribution in [0.4, 0.5) is 4.39 Å². The van der Waals surface area contributed by atoms with Crippen LogP contribution in [0.15, 0.2) is 51.4 Å². The van der Waals surface area contributed by atoms with Crippen molar-refractivity contribution in [2.24, 2.45) is 0 Å². The fourth-order valence-electron chi connectivity index (χ4n) is 1.61. The van der Waals surface area contributed by atoms with Crippen LogP contribution in [0.1, 0.15) is 10.4 Å². The minimum atomic E-state index is -0.759. The normalized spacial score (nSPS) is 10.0. The molecule has 2 amide bonds. The lowest BCUT2D eigenvalue weighted by atomic mass is 10.2. The van der Waals surface area contributed by atoms with E-state index in [0.717, 1.165) is 10.5 Å². The number of hydrogen-bond acceptors (Lipinski definition) is 3. The Balaban J connectivity index is 1.83. The summed E-state index contributed by atoms with van der Waals surface area (Å²) in [4.78, 5) is 23.4. The molecule has 0 aromatic heterocycles. The zero-order valence-corrected chi connectivity index (χ0v) is 14.8. The van der Waals surface area contributed by atoms with E-state index in [1.54, 1.807) is 18.2 Å². The van der Waals surface area contributed by atoms with Gasteiger partial charge in [-0.05, 0) is 36.4 Å². The van der Waals surface area contributed by atoms with Crippen molar-refractivity contribution in [2.45, 2.75) is 0 Å². The first-order valence-corrected chi connectivity index (χ1v) is 7.97. The maximum atomic E-state index is 13.6. The van der Waals surface area contributed by atoms with E-state index in [1.807, 2.05) is 6.07 Å². The third-order valence-corrected chi connectivity index (χ3v) is 3.64. The van der Waals surface area contributed by atoms with Crippen molar-refractivity contribution in [1.82, 2.24) is 10.9 Å². The lowest BCUT2D eigenvalue weighted by Gasteiger charge is -2.09. The summed E-state index contributed by atoms with van der Waals surface area (Å²) in [5, 5.41) is 0. The number of amides is 2. The number of hydrazine groups is 1. The summed E-state index contributed by atoms with van der Waals surface area (Å²) in [6, 6.07) is 11.0. The van der Waals surface area contributed by atoms with Crippen molar-refractivity contribution in [1.29, 1.82) is 0 Å². The number of carbonyl (C=O) groups is 2. The van der Waals surface area contributed by atoms with Crippen molar-refractivity contribution in [3.8, 4) is 5.75 Å². The van der Waals surface area contributed by atoms with Crippen molar-refractivity contribution in [2.75, 3.05) is 6.61 Å². The molecule has 0 aliphatic carbocycles. The van der Waals surface area contributed by atoms with Gasteiger partial charge in [0.15, 0.2) is 6.61 Å². The smallest absolute Gasteiger partial charge is 0.276 e. The van der Waals surface area contributed by atoms with Crippen LogP contribution in [0.3, 0.4) is 0 Å². The van der Waals surface area contributed by atoms with Crippen molar-refractivity contribution in [3.05, 3.63) is 62.8 Å². The zero-order valence-electron chi connectivity index (χ0n) is 11.6. The number of rotatable bonds is 4. The Morgan fingerprint density at radius 1 is 1.04 bits per heavy atom. The summed E-state index contributed by atoms with van der Waals surface area (Å²) >= 11 is 6.37. The quantitative estimate of drug-likeness (QED) is 0.710. The van der Waals surface area contributed by atoms with Crippen LogP contribution in [0.2, 0.25) is 0 Å². The van der Waals surface area contributed by atoms with Gasteiger partial charge in [0, 0.05) is 8.95 Å². The molecular formula is C15H11Br2FN2O3. The first-order valence-electron chi connectivity index (χ1n) is 6.38. The minimum absolute atomic E-state index is 0.179. The molecule has 2 aromatic rings. The van der Waals surface area contributed by atoms with Crippen molar-refractivity contribution in [3.63, 3.8) is 0 Å². The Morgan fingerprint density at radius 2 is 1.78 bits per heavy atom. The van der Waals surface area contributed by atoms with Gasteiger partial charge < -0.3 is 4.74 Å². The van der Waals surface area contributed by atoms with E-state index in [9.17, 15) is 14.0 Å². The Morgan fingerprint density at radius 3 is 2.48 bits per heavy atom. The highest BCUT2D eigenvalue weighted by Crippen LogP contribution is 2.17. The van der Waals surface area contributed by atoms with Crippen LogP contribution in [-0.2, 0) is 4.79 Å². The van der Waals surface area contributed by atoms with Gasteiger partial charge in [-0.3, -0.25) is 20.4 Å². The molecule has 23 heavy (non-hydrogen) atoms. The molecule has 0 aliphatic rings. The minimum Gasteiger partial charge on any atom is -0.484 e. The lowest BCUT2D eigenvalue weighted by molar-refractivity contribution is -0.123. The van der Waals surface area contributed by atoms with E-state index in [1.165, 1.54) is 12.1 Å². The van der Waals surface area contributed by atoms with Crippen LogP contribution in [0.25, 0.3) is 0 Å². The van der Waals surface area contributed by atoms with E-state index in [-0.39, 0.29) is 12.2 Å². The number of ether oxygens (including phenoxy) is 1. The third kappa shape index (κ3) is 5.33. The molecule has 0 saturated heterocycles. The van der Waals surface area contributed by atoms with E-state index < -0.39 is 17.6 Å². The van der Waals surface area contributed by atoms with Crippen LogP contribution >= 0.6 is 31.9 Å². The molecule has 2 aromatic carbocycles. The molecule has 0 radical (unpaired) electrons. The molecule has 8 heteroatoms. The summed E-state index contributed by atoms with van der Waals surface area (Å²) in [6.45, 7) is -0.292. The summed E-state index contributed by atoms with van der Waals surface area (Å²) in [5.74, 6) is -1.53. The summed E-state index contributed by atoms with van der Waals surface area (Å²) in [5.41, 5.74) is 4.10. The van der Waals surface area contributed by atoms with E-state index >= 15 is 0 Å². The zero-order chi connectivity index (χ0) is 16.8. The van der Waals surface area contributed by atoms with E-state index in [0.29, 0.717) is 10.2 Å². The molecule has 120 valence electrons.